The molecule has 0 radical (unpaired) electrons. The fraction of sp³-hybridized carbons (Fsp3) is 0.333. The molecule has 0 saturated carbocycles. The van der Waals surface area contributed by atoms with Crippen molar-refractivity contribution in [3.05, 3.63) is 41.5 Å². The number of sulfonamides is 1. The van der Waals surface area contributed by atoms with E-state index in [1.165, 1.54) is 27.9 Å². The van der Waals surface area contributed by atoms with Crippen LogP contribution >= 0.6 is 11.3 Å². The van der Waals surface area contributed by atoms with E-state index in [9.17, 15) is 13.2 Å². The maximum atomic E-state index is 12.6. The van der Waals surface area contributed by atoms with Crippen molar-refractivity contribution < 1.29 is 17.9 Å². The number of amides is 1. The molecule has 0 aliphatic carbocycles. The predicted octanol–water partition coefficient (Wildman–Crippen LogP) is 1.47. The molecule has 1 saturated heterocycles. The highest BCUT2D eigenvalue weighted by Gasteiger charge is 2.31. The number of carbonyl (C=O) groups is 1. The monoisotopic (exact) mass is 367 g/mol. The van der Waals surface area contributed by atoms with Gasteiger partial charge in [0.25, 0.3) is 15.9 Å². The standard InChI is InChI=1S/C15H17N3O4S2/c16-15(19)13-9-11(5-6-17-13)22-12-3-1-7-18(10-12)24(20,21)14-4-2-8-23-14/h2,4-6,8-9,12H,1,3,7,10H2,(H2,16,19). The number of primary amides is 1. The SMILES string of the molecule is NC(=O)c1cc(OC2CCCN(S(=O)(=O)c3cccs3)C2)ccn1. The third-order valence-electron chi connectivity index (χ3n) is 3.72. The summed E-state index contributed by atoms with van der Waals surface area (Å²) in [7, 11) is -3.48. The Balaban J connectivity index is 1.72. The van der Waals surface area contributed by atoms with E-state index in [1.54, 1.807) is 23.6 Å². The Morgan fingerprint density at radius 1 is 1.42 bits per heavy atom. The van der Waals surface area contributed by atoms with Crippen molar-refractivity contribution in [2.75, 3.05) is 13.1 Å². The number of thiophene rings is 1. The Kier molecular flexibility index (Phi) is 4.83. The van der Waals surface area contributed by atoms with Crippen LogP contribution in [0.2, 0.25) is 0 Å². The number of pyridine rings is 1. The van der Waals surface area contributed by atoms with Crippen molar-refractivity contribution >= 4 is 27.3 Å². The van der Waals surface area contributed by atoms with Crippen LogP contribution in [0.3, 0.4) is 0 Å². The summed E-state index contributed by atoms with van der Waals surface area (Å²) in [6.45, 7) is 0.747. The van der Waals surface area contributed by atoms with Crippen LogP contribution in [0, 0.1) is 0 Å². The Morgan fingerprint density at radius 3 is 2.96 bits per heavy atom. The highest BCUT2D eigenvalue weighted by molar-refractivity contribution is 7.91. The van der Waals surface area contributed by atoms with Crippen molar-refractivity contribution in [3.8, 4) is 5.75 Å². The number of piperidine rings is 1. The van der Waals surface area contributed by atoms with Gasteiger partial charge in [-0.25, -0.2) is 8.42 Å². The number of aromatic nitrogens is 1. The van der Waals surface area contributed by atoms with Gasteiger partial charge in [0.05, 0.1) is 6.54 Å². The second kappa shape index (κ2) is 6.88. The predicted molar refractivity (Wildman–Crippen MR) is 89.5 cm³/mol. The summed E-state index contributed by atoms with van der Waals surface area (Å²) < 4.78 is 32.8. The minimum absolute atomic E-state index is 0.117. The molecule has 9 heteroatoms. The van der Waals surface area contributed by atoms with E-state index < -0.39 is 15.9 Å². The van der Waals surface area contributed by atoms with Crippen LogP contribution in [-0.4, -0.2) is 42.8 Å². The minimum atomic E-state index is -3.48. The Bertz CT molecular complexity index is 821. The number of nitrogens with zero attached hydrogens (tertiary/aromatic N) is 2. The van der Waals surface area contributed by atoms with Crippen LogP contribution in [0.15, 0.2) is 40.1 Å². The third-order valence-corrected chi connectivity index (χ3v) is 6.95. The van der Waals surface area contributed by atoms with E-state index in [0.717, 1.165) is 6.42 Å². The van der Waals surface area contributed by atoms with E-state index in [4.69, 9.17) is 10.5 Å². The average molecular weight is 367 g/mol. The van der Waals surface area contributed by atoms with Gasteiger partial charge in [0.15, 0.2) is 0 Å². The first-order chi connectivity index (χ1) is 11.5. The minimum Gasteiger partial charge on any atom is -0.489 e. The highest BCUT2D eigenvalue weighted by Crippen LogP contribution is 2.26. The molecule has 1 aliphatic heterocycles. The quantitative estimate of drug-likeness (QED) is 0.862. The molecule has 3 rings (SSSR count). The van der Waals surface area contributed by atoms with Gasteiger partial charge in [0.2, 0.25) is 0 Å². The molecule has 0 bridgehead atoms. The van der Waals surface area contributed by atoms with Crippen molar-refractivity contribution in [1.29, 1.82) is 0 Å². The molecule has 7 nitrogen and oxygen atoms in total. The largest absolute Gasteiger partial charge is 0.489 e. The number of rotatable bonds is 5. The zero-order valence-electron chi connectivity index (χ0n) is 12.8. The second-order valence-corrected chi connectivity index (χ2v) is 8.53. The number of nitrogens with two attached hydrogens (primary N) is 1. The summed E-state index contributed by atoms with van der Waals surface area (Å²) in [6, 6.07) is 6.42. The van der Waals surface area contributed by atoms with Crippen LogP contribution in [0.1, 0.15) is 23.3 Å². The molecule has 1 aliphatic rings. The zero-order valence-corrected chi connectivity index (χ0v) is 14.4. The fourth-order valence-corrected chi connectivity index (χ4v) is 5.22. The molecule has 24 heavy (non-hydrogen) atoms. The third kappa shape index (κ3) is 3.58. The van der Waals surface area contributed by atoms with Crippen LogP contribution in [0.5, 0.6) is 5.75 Å². The van der Waals surface area contributed by atoms with Crippen LogP contribution in [0.25, 0.3) is 0 Å². The van der Waals surface area contributed by atoms with Crippen LogP contribution in [-0.2, 0) is 10.0 Å². The van der Waals surface area contributed by atoms with Gasteiger partial charge in [-0.1, -0.05) is 6.07 Å². The van der Waals surface area contributed by atoms with Crippen molar-refractivity contribution in [3.63, 3.8) is 0 Å². The van der Waals surface area contributed by atoms with Crippen LogP contribution in [0.4, 0.5) is 0 Å². The molecule has 0 spiro atoms. The first kappa shape index (κ1) is 16.9. The van der Waals surface area contributed by atoms with E-state index in [2.05, 4.69) is 4.98 Å². The van der Waals surface area contributed by atoms with E-state index >= 15 is 0 Å². The van der Waals surface area contributed by atoms with Crippen molar-refractivity contribution in [2.24, 2.45) is 5.73 Å². The maximum absolute atomic E-state index is 12.6. The van der Waals surface area contributed by atoms with Crippen molar-refractivity contribution in [2.45, 2.75) is 23.2 Å². The topological polar surface area (TPSA) is 103 Å². The van der Waals surface area contributed by atoms with E-state index in [0.29, 0.717) is 22.9 Å². The molecule has 2 N–H and O–H groups in total. The molecule has 128 valence electrons. The smallest absolute Gasteiger partial charge is 0.267 e. The maximum Gasteiger partial charge on any atom is 0.267 e. The highest BCUT2D eigenvalue weighted by atomic mass is 32.2. The molecule has 2 aromatic rings. The number of carbonyl (C=O) groups excluding carboxylic acids is 1. The molecule has 0 aromatic carbocycles. The molecule has 1 fully saturated rings. The first-order valence-corrected chi connectivity index (χ1v) is 9.75. The molecule has 2 aromatic heterocycles. The van der Waals surface area contributed by atoms with Gasteiger partial charge >= 0.3 is 0 Å². The molecule has 3 heterocycles. The summed E-state index contributed by atoms with van der Waals surface area (Å²) >= 11 is 1.20. The molecular weight excluding hydrogens is 350 g/mol. The second-order valence-electron chi connectivity index (χ2n) is 5.42. The summed E-state index contributed by atoms with van der Waals surface area (Å²) in [5.41, 5.74) is 5.32. The van der Waals surface area contributed by atoms with E-state index in [-0.39, 0.29) is 18.3 Å². The molecular formula is C15H17N3O4S2. The van der Waals surface area contributed by atoms with Crippen LogP contribution < -0.4 is 10.5 Å². The van der Waals surface area contributed by atoms with Gasteiger partial charge in [-0.15, -0.1) is 11.3 Å². The lowest BCUT2D eigenvalue weighted by Crippen LogP contribution is -2.44. The Morgan fingerprint density at radius 2 is 2.25 bits per heavy atom. The Hall–Kier alpha value is -1.97. The lowest BCUT2D eigenvalue weighted by atomic mass is 10.1. The zero-order chi connectivity index (χ0) is 17.2. The normalized spacial score (nSPS) is 19.1. The number of hydrogen-bond donors (Lipinski definition) is 1. The summed E-state index contributed by atoms with van der Waals surface area (Å²) in [6.07, 6.45) is 2.61. The average Bonchev–Trinajstić information content (AvgIpc) is 3.10. The number of ether oxygens (including phenoxy) is 1. The molecule has 1 atom stereocenters. The summed E-state index contributed by atoms with van der Waals surface area (Å²) in [5.74, 6) is -0.176. The van der Waals surface area contributed by atoms with Gasteiger partial charge in [0.1, 0.15) is 21.8 Å². The van der Waals surface area contributed by atoms with Gasteiger partial charge in [0, 0.05) is 18.8 Å². The number of hydrogen-bond acceptors (Lipinski definition) is 6. The molecule has 1 amide bonds. The van der Waals surface area contributed by atoms with E-state index in [1.807, 2.05) is 0 Å². The molecule has 1 unspecified atom stereocenters. The van der Waals surface area contributed by atoms with Gasteiger partial charge in [-0.2, -0.15) is 4.31 Å². The summed E-state index contributed by atoms with van der Waals surface area (Å²) in [5, 5.41) is 1.74. The Labute approximate surface area is 144 Å². The summed E-state index contributed by atoms with van der Waals surface area (Å²) in [4.78, 5) is 15.0. The fourth-order valence-electron chi connectivity index (χ4n) is 2.57. The van der Waals surface area contributed by atoms with Crippen molar-refractivity contribution in [1.82, 2.24) is 9.29 Å². The lowest BCUT2D eigenvalue weighted by Gasteiger charge is -2.31. The van der Waals surface area contributed by atoms with Gasteiger partial charge in [-0.3, -0.25) is 9.78 Å². The first-order valence-electron chi connectivity index (χ1n) is 7.43. The lowest BCUT2D eigenvalue weighted by molar-refractivity contribution is 0.0993. The van der Waals surface area contributed by atoms with Gasteiger partial charge in [-0.05, 0) is 30.4 Å². The van der Waals surface area contributed by atoms with Gasteiger partial charge < -0.3 is 10.5 Å².